The zero-order chi connectivity index (χ0) is 21.3. The van der Waals surface area contributed by atoms with Gasteiger partial charge in [0.1, 0.15) is 0 Å². The van der Waals surface area contributed by atoms with Crippen LogP contribution in [0.4, 0.5) is 0 Å². The molecule has 3 aromatic carbocycles. The van der Waals surface area contributed by atoms with Crippen LogP contribution >= 0.6 is 11.6 Å². The largest absolute Gasteiger partial charge is 0.346 e. The number of amides is 2. The zero-order valence-corrected chi connectivity index (χ0v) is 17.3. The van der Waals surface area contributed by atoms with Crippen LogP contribution in [0.5, 0.6) is 0 Å². The minimum Gasteiger partial charge on any atom is -0.346 e. The molecule has 0 aromatic heterocycles. The SMILES string of the molecule is C/C(=N\NC(=O)CNC(=O)C(c1ccccc1)c1ccccc1)c1ccc(Cl)cc1. The molecule has 0 radical (unpaired) electrons. The minimum atomic E-state index is -0.500. The van der Waals surface area contributed by atoms with E-state index < -0.39 is 11.8 Å². The lowest BCUT2D eigenvalue weighted by molar-refractivity contribution is -0.126. The molecule has 0 heterocycles. The molecule has 0 atom stereocenters. The Labute approximate surface area is 180 Å². The highest BCUT2D eigenvalue weighted by Crippen LogP contribution is 2.24. The van der Waals surface area contributed by atoms with Crippen LogP contribution in [0.2, 0.25) is 5.02 Å². The van der Waals surface area contributed by atoms with Gasteiger partial charge in [-0.2, -0.15) is 5.10 Å². The lowest BCUT2D eigenvalue weighted by Crippen LogP contribution is -2.38. The minimum absolute atomic E-state index is 0.174. The molecule has 0 unspecified atom stereocenters. The third-order valence-corrected chi connectivity index (χ3v) is 4.81. The van der Waals surface area contributed by atoms with Crippen LogP contribution in [0.25, 0.3) is 0 Å². The van der Waals surface area contributed by atoms with Crippen molar-refractivity contribution < 1.29 is 9.59 Å². The summed E-state index contributed by atoms with van der Waals surface area (Å²) >= 11 is 5.88. The molecule has 0 fully saturated rings. The van der Waals surface area contributed by atoms with Crippen molar-refractivity contribution >= 4 is 29.1 Å². The summed E-state index contributed by atoms with van der Waals surface area (Å²) in [7, 11) is 0. The van der Waals surface area contributed by atoms with Gasteiger partial charge in [-0.15, -0.1) is 0 Å². The van der Waals surface area contributed by atoms with E-state index in [1.165, 1.54) is 0 Å². The summed E-state index contributed by atoms with van der Waals surface area (Å²) in [5.41, 5.74) is 5.67. The quantitative estimate of drug-likeness (QED) is 0.446. The zero-order valence-electron chi connectivity index (χ0n) is 16.5. The van der Waals surface area contributed by atoms with Crippen LogP contribution in [0, 0.1) is 0 Å². The van der Waals surface area contributed by atoms with E-state index in [1.54, 1.807) is 19.1 Å². The maximum atomic E-state index is 12.9. The van der Waals surface area contributed by atoms with Gasteiger partial charge < -0.3 is 5.32 Å². The normalized spacial score (nSPS) is 11.2. The second kappa shape index (κ2) is 10.4. The summed E-state index contributed by atoms with van der Waals surface area (Å²) in [5.74, 6) is -1.16. The van der Waals surface area contributed by atoms with Crippen molar-refractivity contribution in [2.45, 2.75) is 12.8 Å². The monoisotopic (exact) mass is 419 g/mol. The molecule has 3 rings (SSSR count). The number of nitrogens with zero attached hydrogens (tertiary/aromatic N) is 1. The highest BCUT2D eigenvalue weighted by atomic mass is 35.5. The predicted octanol–water partition coefficient (Wildman–Crippen LogP) is 4.13. The molecule has 0 aliphatic heterocycles. The summed E-state index contributed by atoms with van der Waals surface area (Å²) < 4.78 is 0. The van der Waals surface area contributed by atoms with E-state index in [0.29, 0.717) is 10.7 Å². The maximum Gasteiger partial charge on any atom is 0.259 e. The van der Waals surface area contributed by atoms with Crippen LogP contribution < -0.4 is 10.7 Å². The number of rotatable bonds is 7. The molecular weight excluding hydrogens is 398 g/mol. The van der Waals surface area contributed by atoms with E-state index in [9.17, 15) is 9.59 Å². The first-order chi connectivity index (χ1) is 14.5. The Morgan fingerprint density at radius 2 is 1.40 bits per heavy atom. The number of hydrogen-bond donors (Lipinski definition) is 2. The second-order valence-electron chi connectivity index (χ2n) is 6.71. The molecule has 30 heavy (non-hydrogen) atoms. The van der Waals surface area contributed by atoms with Gasteiger partial charge in [-0.1, -0.05) is 84.4 Å². The van der Waals surface area contributed by atoms with E-state index in [4.69, 9.17) is 11.6 Å². The summed E-state index contributed by atoms with van der Waals surface area (Å²) in [6.07, 6.45) is 0. The van der Waals surface area contributed by atoms with Crippen molar-refractivity contribution in [1.82, 2.24) is 10.7 Å². The molecule has 2 N–H and O–H groups in total. The van der Waals surface area contributed by atoms with Gasteiger partial charge in [-0.3, -0.25) is 9.59 Å². The average Bonchev–Trinajstić information content (AvgIpc) is 2.78. The summed E-state index contributed by atoms with van der Waals surface area (Å²) in [6, 6.07) is 26.1. The number of nitrogens with one attached hydrogen (secondary N) is 2. The third kappa shape index (κ3) is 5.78. The van der Waals surface area contributed by atoms with Gasteiger partial charge in [0.15, 0.2) is 0 Å². The number of halogens is 1. The van der Waals surface area contributed by atoms with Crippen LogP contribution in [0.3, 0.4) is 0 Å². The first-order valence-corrected chi connectivity index (χ1v) is 9.89. The lowest BCUT2D eigenvalue weighted by atomic mass is 9.90. The molecule has 3 aromatic rings. The van der Waals surface area contributed by atoms with Crippen molar-refractivity contribution in [3.8, 4) is 0 Å². The Balaban J connectivity index is 1.63. The molecule has 0 aliphatic rings. The number of hydrazone groups is 1. The highest BCUT2D eigenvalue weighted by molar-refractivity contribution is 6.30. The summed E-state index contributed by atoms with van der Waals surface area (Å²) in [4.78, 5) is 25.1. The van der Waals surface area contributed by atoms with Crippen LogP contribution in [0.1, 0.15) is 29.5 Å². The molecule has 6 heteroatoms. The third-order valence-electron chi connectivity index (χ3n) is 4.56. The fourth-order valence-electron chi connectivity index (χ4n) is 3.00. The Bertz CT molecular complexity index is 980. The average molecular weight is 420 g/mol. The van der Waals surface area contributed by atoms with Crippen molar-refractivity contribution in [3.63, 3.8) is 0 Å². The maximum absolute atomic E-state index is 12.9. The Kier molecular flexibility index (Phi) is 7.35. The van der Waals surface area contributed by atoms with Gasteiger partial charge in [0.25, 0.3) is 5.91 Å². The number of carbonyl (C=O) groups is 2. The van der Waals surface area contributed by atoms with Crippen molar-refractivity contribution in [2.75, 3.05) is 6.54 Å². The molecule has 0 bridgehead atoms. The number of benzene rings is 3. The van der Waals surface area contributed by atoms with Gasteiger partial charge in [0.05, 0.1) is 18.2 Å². The van der Waals surface area contributed by atoms with E-state index >= 15 is 0 Å². The van der Waals surface area contributed by atoms with E-state index in [2.05, 4.69) is 15.8 Å². The van der Waals surface area contributed by atoms with Gasteiger partial charge in [0, 0.05) is 5.02 Å². The molecular formula is C24H22ClN3O2. The fraction of sp³-hybridized carbons (Fsp3) is 0.125. The van der Waals surface area contributed by atoms with E-state index in [1.807, 2.05) is 72.8 Å². The molecule has 2 amide bonds. The van der Waals surface area contributed by atoms with Crippen LogP contribution in [-0.4, -0.2) is 24.1 Å². The van der Waals surface area contributed by atoms with Crippen molar-refractivity contribution in [1.29, 1.82) is 0 Å². The van der Waals surface area contributed by atoms with Crippen molar-refractivity contribution in [2.24, 2.45) is 5.10 Å². The number of carbonyl (C=O) groups excluding carboxylic acids is 2. The Morgan fingerprint density at radius 1 is 0.867 bits per heavy atom. The Hall–Kier alpha value is -3.44. The fourth-order valence-corrected chi connectivity index (χ4v) is 3.12. The van der Waals surface area contributed by atoms with Gasteiger partial charge >= 0.3 is 0 Å². The summed E-state index contributed by atoms with van der Waals surface area (Å²) in [5, 5.41) is 7.43. The molecule has 0 saturated heterocycles. The standard InChI is InChI=1S/C24H22ClN3O2/c1-17(18-12-14-21(25)15-13-18)27-28-22(29)16-26-24(30)23(19-8-4-2-5-9-19)20-10-6-3-7-11-20/h2-15,23H,16H2,1H3,(H,26,30)(H,28,29)/b27-17+. The summed E-state index contributed by atoms with van der Waals surface area (Å²) in [6.45, 7) is 1.61. The predicted molar refractivity (Wildman–Crippen MR) is 120 cm³/mol. The first-order valence-electron chi connectivity index (χ1n) is 9.51. The smallest absolute Gasteiger partial charge is 0.259 e. The molecule has 0 spiro atoms. The topological polar surface area (TPSA) is 70.6 Å². The second-order valence-corrected chi connectivity index (χ2v) is 7.15. The molecule has 0 aliphatic carbocycles. The van der Waals surface area contributed by atoms with E-state index in [0.717, 1.165) is 16.7 Å². The molecule has 0 saturated carbocycles. The lowest BCUT2D eigenvalue weighted by Gasteiger charge is -2.17. The van der Waals surface area contributed by atoms with Gasteiger partial charge in [-0.05, 0) is 35.7 Å². The highest BCUT2D eigenvalue weighted by Gasteiger charge is 2.22. The van der Waals surface area contributed by atoms with E-state index in [-0.39, 0.29) is 12.5 Å². The first kappa shape index (κ1) is 21.3. The molecule has 152 valence electrons. The van der Waals surface area contributed by atoms with Crippen LogP contribution in [-0.2, 0) is 9.59 Å². The molecule has 5 nitrogen and oxygen atoms in total. The van der Waals surface area contributed by atoms with Crippen molar-refractivity contribution in [3.05, 3.63) is 107 Å². The Morgan fingerprint density at radius 3 is 1.93 bits per heavy atom. The van der Waals surface area contributed by atoms with Gasteiger partial charge in [-0.25, -0.2) is 5.43 Å². The number of hydrogen-bond acceptors (Lipinski definition) is 3. The van der Waals surface area contributed by atoms with Crippen LogP contribution in [0.15, 0.2) is 90.0 Å². The van der Waals surface area contributed by atoms with Gasteiger partial charge in [0.2, 0.25) is 5.91 Å².